The number of hydrogen-bond donors (Lipinski definition) is 1. The van der Waals surface area contributed by atoms with E-state index in [4.69, 9.17) is 9.84 Å². The van der Waals surface area contributed by atoms with E-state index in [-0.39, 0.29) is 0 Å². The van der Waals surface area contributed by atoms with Crippen molar-refractivity contribution in [3.8, 4) is 11.5 Å². The van der Waals surface area contributed by atoms with E-state index in [9.17, 15) is 4.79 Å². The number of carboxylic acids is 1. The lowest BCUT2D eigenvalue weighted by Crippen LogP contribution is -1.94. The van der Waals surface area contributed by atoms with Crippen molar-refractivity contribution in [1.29, 1.82) is 0 Å². The van der Waals surface area contributed by atoms with Gasteiger partial charge in [0.1, 0.15) is 11.4 Å². The van der Waals surface area contributed by atoms with E-state index < -0.39 is 5.97 Å². The Bertz CT molecular complexity index is 720. The van der Waals surface area contributed by atoms with Gasteiger partial charge >= 0.3 is 5.97 Å². The minimum atomic E-state index is -1.00. The van der Waals surface area contributed by atoms with Gasteiger partial charge in [-0.05, 0) is 32.1 Å². The van der Waals surface area contributed by atoms with Gasteiger partial charge in [0.05, 0.1) is 5.69 Å². The molecule has 0 bridgehead atoms. The zero-order valence-electron chi connectivity index (χ0n) is 11.9. The van der Waals surface area contributed by atoms with Gasteiger partial charge < -0.3 is 9.84 Å². The number of aryl methyl sites for hydroxylation is 2. The number of nitrogens with zero attached hydrogens (tertiary/aromatic N) is 2. The molecule has 0 atom stereocenters. The average Bonchev–Trinajstić information content (AvgIpc) is 2.64. The number of carboxylic acid groups (broad SMARTS) is 1. The number of ether oxygens (including phenoxy) is 1. The Balaban J connectivity index is 2.43. The van der Waals surface area contributed by atoms with Crippen molar-refractivity contribution in [3.05, 3.63) is 45.7 Å². The summed E-state index contributed by atoms with van der Waals surface area (Å²) in [7, 11) is 1.85. The molecule has 1 heterocycles. The quantitative estimate of drug-likeness (QED) is 0.854. The largest absolute Gasteiger partial charge is 0.478 e. The Morgan fingerprint density at radius 1 is 1.43 bits per heavy atom. The molecule has 0 spiro atoms. The highest BCUT2D eigenvalue weighted by Crippen LogP contribution is 2.32. The Labute approximate surface area is 131 Å². The van der Waals surface area contributed by atoms with Crippen LogP contribution < -0.4 is 4.74 Å². The van der Waals surface area contributed by atoms with Crippen molar-refractivity contribution in [2.24, 2.45) is 7.05 Å². The van der Waals surface area contributed by atoms with Crippen LogP contribution in [0.4, 0.5) is 0 Å². The smallest absolute Gasteiger partial charge is 0.328 e. The maximum atomic E-state index is 10.7. The van der Waals surface area contributed by atoms with Gasteiger partial charge in [0, 0.05) is 23.2 Å². The summed E-state index contributed by atoms with van der Waals surface area (Å²) in [4.78, 5) is 10.7. The van der Waals surface area contributed by atoms with Crippen LogP contribution in [0.1, 0.15) is 17.0 Å². The van der Waals surface area contributed by atoms with Crippen LogP contribution in [0.15, 0.2) is 28.7 Å². The highest BCUT2D eigenvalue weighted by atomic mass is 79.9. The second-order valence-corrected chi connectivity index (χ2v) is 5.50. The zero-order valence-corrected chi connectivity index (χ0v) is 13.5. The van der Waals surface area contributed by atoms with Gasteiger partial charge in [0.2, 0.25) is 0 Å². The number of aliphatic carboxylic acids is 1. The van der Waals surface area contributed by atoms with E-state index in [1.807, 2.05) is 27.0 Å². The molecule has 0 saturated heterocycles. The number of benzene rings is 1. The van der Waals surface area contributed by atoms with Gasteiger partial charge in [-0.2, -0.15) is 5.10 Å². The maximum absolute atomic E-state index is 10.7. The molecular formula is C15H15BrN2O3. The van der Waals surface area contributed by atoms with Crippen molar-refractivity contribution in [2.45, 2.75) is 13.8 Å². The van der Waals surface area contributed by atoms with Crippen LogP contribution in [0.3, 0.4) is 0 Å². The molecule has 0 amide bonds. The Hall–Kier alpha value is -2.08. The van der Waals surface area contributed by atoms with Crippen LogP contribution in [0.2, 0.25) is 0 Å². The first-order valence-electron chi connectivity index (χ1n) is 6.27. The van der Waals surface area contributed by atoms with Crippen LogP contribution >= 0.6 is 15.9 Å². The SMILES string of the molecule is Cc1nn(C)c(C)c1Oc1cc(Br)ccc1C=CC(=O)O. The molecule has 110 valence electrons. The van der Waals surface area contributed by atoms with Gasteiger partial charge in [-0.15, -0.1) is 0 Å². The van der Waals surface area contributed by atoms with Gasteiger partial charge in [-0.25, -0.2) is 4.79 Å². The molecule has 0 radical (unpaired) electrons. The summed E-state index contributed by atoms with van der Waals surface area (Å²) in [6, 6.07) is 5.42. The lowest BCUT2D eigenvalue weighted by atomic mass is 10.2. The average molecular weight is 351 g/mol. The van der Waals surface area contributed by atoms with Crippen molar-refractivity contribution in [1.82, 2.24) is 9.78 Å². The summed E-state index contributed by atoms with van der Waals surface area (Å²) >= 11 is 3.39. The lowest BCUT2D eigenvalue weighted by Gasteiger charge is -2.10. The summed E-state index contributed by atoms with van der Waals surface area (Å²) in [5.41, 5.74) is 2.37. The van der Waals surface area contributed by atoms with Crippen molar-refractivity contribution >= 4 is 28.0 Å². The molecular weight excluding hydrogens is 336 g/mol. The maximum Gasteiger partial charge on any atom is 0.328 e. The highest BCUT2D eigenvalue weighted by Gasteiger charge is 2.13. The molecule has 2 rings (SSSR count). The molecule has 5 nitrogen and oxygen atoms in total. The molecule has 2 aromatic rings. The first kappa shape index (κ1) is 15.3. The fourth-order valence-electron chi connectivity index (χ4n) is 1.91. The molecule has 0 unspecified atom stereocenters. The normalized spacial score (nSPS) is 11.0. The van der Waals surface area contributed by atoms with Crippen LogP contribution in [0, 0.1) is 13.8 Å². The molecule has 21 heavy (non-hydrogen) atoms. The summed E-state index contributed by atoms with van der Waals surface area (Å²) in [5, 5.41) is 13.1. The molecule has 1 N–H and O–H groups in total. The van der Waals surface area contributed by atoms with E-state index in [1.165, 1.54) is 6.08 Å². The van der Waals surface area contributed by atoms with Gasteiger partial charge in [-0.1, -0.05) is 22.0 Å². The molecule has 0 saturated carbocycles. The predicted molar refractivity (Wildman–Crippen MR) is 83.6 cm³/mol. The molecule has 0 aliphatic heterocycles. The first-order valence-corrected chi connectivity index (χ1v) is 7.06. The summed E-state index contributed by atoms with van der Waals surface area (Å²) in [6.07, 6.45) is 2.59. The second kappa shape index (κ2) is 6.13. The zero-order chi connectivity index (χ0) is 15.6. The van der Waals surface area contributed by atoms with Crippen LogP contribution in [0.5, 0.6) is 11.5 Å². The van der Waals surface area contributed by atoms with E-state index in [2.05, 4.69) is 21.0 Å². The second-order valence-electron chi connectivity index (χ2n) is 4.58. The predicted octanol–water partition coefficient (Wildman–Crippen LogP) is 3.69. The molecule has 1 aromatic carbocycles. The van der Waals surface area contributed by atoms with Crippen LogP contribution in [-0.2, 0) is 11.8 Å². The van der Waals surface area contributed by atoms with Crippen LogP contribution in [0.25, 0.3) is 6.08 Å². The third-order valence-corrected chi connectivity index (χ3v) is 3.53. The minimum Gasteiger partial charge on any atom is -0.478 e. The minimum absolute atomic E-state index is 0.570. The fraction of sp³-hybridized carbons (Fsp3) is 0.200. The number of carbonyl (C=O) groups is 1. The van der Waals surface area contributed by atoms with E-state index in [0.29, 0.717) is 17.1 Å². The molecule has 0 fully saturated rings. The molecule has 6 heteroatoms. The number of hydrogen-bond acceptors (Lipinski definition) is 3. The Kier molecular flexibility index (Phi) is 4.47. The lowest BCUT2D eigenvalue weighted by molar-refractivity contribution is -0.131. The number of aromatic nitrogens is 2. The summed E-state index contributed by atoms with van der Waals surface area (Å²) in [6.45, 7) is 3.78. The topological polar surface area (TPSA) is 64.4 Å². The third-order valence-electron chi connectivity index (χ3n) is 3.04. The Morgan fingerprint density at radius 3 is 2.71 bits per heavy atom. The van der Waals surface area contributed by atoms with E-state index in [0.717, 1.165) is 21.9 Å². The standard InChI is InChI=1S/C15H15BrN2O3/c1-9-15(10(2)18(3)17-9)21-13-8-12(16)6-4-11(13)5-7-14(19)20/h4-8H,1-3H3,(H,19,20). The van der Waals surface area contributed by atoms with Gasteiger partial charge in [0.25, 0.3) is 0 Å². The number of rotatable bonds is 4. The fourth-order valence-corrected chi connectivity index (χ4v) is 2.25. The molecule has 0 aliphatic carbocycles. The number of halogens is 1. The molecule has 1 aromatic heterocycles. The van der Waals surface area contributed by atoms with Gasteiger partial charge in [-0.3, -0.25) is 4.68 Å². The van der Waals surface area contributed by atoms with Crippen molar-refractivity contribution < 1.29 is 14.6 Å². The van der Waals surface area contributed by atoms with Crippen molar-refractivity contribution in [2.75, 3.05) is 0 Å². The summed E-state index contributed by atoms with van der Waals surface area (Å²) in [5.74, 6) is 0.249. The Morgan fingerprint density at radius 2 is 2.14 bits per heavy atom. The van der Waals surface area contributed by atoms with E-state index in [1.54, 1.807) is 16.8 Å². The van der Waals surface area contributed by atoms with Crippen LogP contribution in [-0.4, -0.2) is 20.9 Å². The third kappa shape index (κ3) is 3.52. The van der Waals surface area contributed by atoms with Gasteiger partial charge in [0.15, 0.2) is 5.75 Å². The monoisotopic (exact) mass is 350 g/mol. The first-order chi connectivity index (χ1) is 9.88. The summed E-state index contributed by atoms with van der Waals surface area (Å²) < 4.78 is 8.54. The molecule has 0 aliphatic rings. The highest BCUT2D eigenvalue weighted by molar-refractivity contribution is 9.10. The van der Waals surface area contributed by atoms with E-state index >= 15 is 0 Å². The van der Waals surface area contributed by atoms with Crippen molar-refractivity contribution in [3.63, 3.8) is 0 Å².